The van der Waals surface area contributed by atoms with E-state index in [2.05, 4.69) is 41.5 Å². The van der Waals surface area contributed by atoms with Crippen molar-refractivity contribution in [2.24, 2.45) is 23.7 Å². The molecule has 0 aliphatic heterocycles. The largest absolute Gasteiger partial charge is 0.393 e. The number of aliphatic hydroxyl groups excluding tert-OH is 1. The highest BCUT2D eigenvalue weighted by Crippen LogP contribution is 2.46. The molecule has 27 heavy (non-hydrogen) atoms. The smallest absolute Gasteiger partial charge is 0.0682 e. The summed E-state index contributed by atoms with van der Waals surface area (Å²) in [6, 6.07) is 0. The lowest BCUT2D eigenvalue weighted by Gasteiger charge is -2.49. The molecule has 0 aromatic carbocycles. The first kappa shape index (κ1) is 21.6. The summed E-state index contributed by atoms with van der Waals surface area (Å²) in [5, 5.41) is 10.2. The quantitative estimate of drug-likeness (QED) is 0.613. The number of aliphatic hydroxyl groups is 1. The Hall–Kier alpha value is -0.120. The van der Waals surface area contributed by atoms with Crippen LogP contribution in [-0.4, -0.2) is 34.6 Å². The predicted octanol–water partition coefficient (Wildman–Crippen LogP) is 5.73. The van der Waals surface area contributed by atoms with Gasteiger partial charge in [-0.1, -0.05) is 20.3 Å². The van der Waals surface area contributed by atoms with Crippen LogP contribution in [0.4, 0.5) is 0 Å². The van der Waals surface area contributed by atoms with E-state index in [1.54, 1.807) is 0 Å². The van der Waals surface area contributed by atoms with Crippen LogP contribution in [-0.2, 0) is 9.47 Å². The predicted molar refractivity (Wildman–Crippen MR) is 111 cm³/mol. The minimum absolute atomic E-state index is 0.0494. The maximum Gasteiger partial charge on any atom is 0.0682 e. The van der Waals surface area contributed by atoms with E-state index in [9.17, 15) is 5.11 Å². The van der Waals surface area contributed by atoms with Gasteiger partial charge in [0.25, 0.3) is 0 Å². The van der Waals surface area contributed by atoms with Gasteiger partial charge in [0.15, 0.2) is 0 Å². The zero-order valence-electron chi connectivity index (χ0n) is 18.7. The van der Waals surface area contributed by atoms with E-state index < -0.39 is 0 Å². The van der Waals surface area contributed by atoms with Crippen molar-refractivity contribution in [2.45, 2.75) is 129 Å². The summed E-state index contributed by atoms with van der Waals surface area (Å²) in [4.78, 5) is 0. The molecule has 3 aliphatic carbocycles. The zero-order chi connectivity index (χ0) is 19.8. The second kappa shape index (κ2) is 8.32. The van der Waals surface area contributed by atoms with Crippen molar-refractivity contribution in [3.05, 3.63) is 0 Å². The summed E-state index contributed by atoms with van der Waals surface area (Å²) in [6.45, 7) is 13.6. The zero-order valence-corrected chi connectivity index (χ0v) is 18.7. The third-order valence-electron chi connectivity index (χ3n) is 8.05. The molecule has 0 heterocycles. The minimum atomic E-state index is -0.216. The number of rotatable bonds is 7. The number of hydrogen-bond acceptors (Lipinski definition) is 3. The van der Waals surface area contributed by atoms with Gasteiger partial charge in [-0.05, 0) is 96.8 Å². The van der Waals surface area contributed by atoms with Crippen LogP contribution in [0.2, 0.25) is 0 Å². The minimum Gasteiger partial charge on any atom is -0.393 e. The molecular weight excluding hydrogens is 336 g/mol. The SMILES string of the molecule is CC(C)C1CCC(OC(C)(C)C2CC(OC(C)(C)C3CCCC3O)C2)CC1. The Bertz CT molecular complexity index is 470. The van der Waals surface area contributed by atoms with Crippen molar-refractivity contribution in [3.63, 3.8) is 0 Å². The van der Waals surface area contributed by atoms with Gasteiger partial charge in [-0.2, -0.15) is 0 Å². The Morgan fingerprint density at radius 3 is 1.89 bits per heavy atom. The van der Waals surface area contributed by atoms with E-state index in [-0.39, 0.29) is 23.2 Å². The number of ether oxygens (including phenoxy) is 2. The normalized spacial score (nSPS) is 38.2. The van der Waals surface area contributed by atoms with Crippen LogP contribution in [0.25, 0.3) is 0 Å². The lowest BCUT2D eigenvalue weighted by atomic mass is 9.71. The Morgan fingerprint density at radius 2 is 1.37 bits per heavy atom. The van der Waals surface area contributed by atoms with E-state index in [1.807, 2.05) is 0 Å². The lowest BCUT2D eigenvalue weighted by Crippen LogP contribution is -2.51. The Morgan fingerprint density at radius 1 is 0.778 bits per heavy atom. The van der Waals surface area contributed by atoms with Crippen molar-refractivity contribution < 1.29 is 14.6 Å². The van der Waals surface area contributed by atoms with Gasteiger partial charge in [-0.15, -0.1) is 0 Å². The summed E-state index contributed by atoms with van der Waals surface area (Å²) in [6.07, 6.45) is 11.1. The summed E-state index contributed by atoms with van der Waals surface area (Å²) >= 11 is 0. The van der Waals surface area contributed by atoms with E-state index in [4.69, 9.17) is 9.47 Å². The third kappa shape index (κ3) is 5.08. The van der Waals surface area contributed by atoms with Gasteiger partial charge >= 0.3 is 0 Å². The van der Waals surface area contributed by atoms with E-state index in [0.29, 0.717) is 18.1 Å². The van der Waals surface area contributed by atoms with Crippen molar-refractivity contribution in [2.75, 3.05) is 0 Å². The van der Waals surface area contributed by atoms with Crippen LogP contribution in [0.3, 0.4) is 0 Å². The van der Waals surface area contributed by atoms with Crippen molar-refractivity contribution in [3.8, 4) is 0 Å². The van der Waals surface area contributed by atoms with Crippen LogP contribution >= 0.6 is 0 Å². The lowest BCUT2D eigenvalue weighted by molar-refractivity contribution is -0.202. The van der Waals surface area contributed by atoms with Crippen LogP contribution in [0.5, 0.6) is 0 Å². The molecule has 0 amide bonds. The van der Waals surface area contributed by atoms with Gasteiger partial charge in [0.1, 0.15) is 0 Å². The second-order valence-corrected chi connectivity index (χ2v) is 11.1. The topological polar surface area (TPSA) is 38.7 Å². The monoisotopic (exact) mass is 380 g/mol. The first-order valence-electron chi connectivity index (χ1n) is 11.6. The summed E-state index contributed by atoms with van der Waals surface area (Å²) in [5.41, 5.74) is -0.266. The van der Waals surface area contributed by atoms with Crippen LogP contribution in [0, 0.1) is 23.7 Å². The van der Waals surface area contributed by atoms with E-state index in [0.717, 1.165) is 43.9 Å². The highest BCUT2D eigenvalue weighted by atomic mass is 16.5. The molecule has 0 radical (unpaired) electrons. The van der Waals surface area contributed by atoms with Gasteiger partial charge in [0.2, 0.25) is 0 Å². The fraction of sp³-hybridized carbons (Fsp3) is 1.00. The molecular formula is C24H44O3. The van der Waals surface area contributed by atoms with Crippen molar-refractivity contribution in [1.29, 1.82) is 0 Å². The molecule has 3 heteroatoms. The first-order valence-corrected chi connectivity index (χ1v) is 11.6. The highest BCUT2D eigenvalue weighted by Gasteiger charge is 2.47. The van der Waals surface area contributed by atoms with Gasteiger partial charge in [0, 0.05) is 5.92 Å². The summed E-state index contributed by atoms with van der Waals surface area (Å²) in [5.74, 6) is 2.58. The molecule has 0 aromatic heterocycles. The Kier molecular flexibility index (Phi) is 6.65. The highest BCUT2D eigenvalue weighted by molar-refractivity contribution is 4.96. The fourth-order valence-electron chi connectivity index (χ4n) is 5.90. The second-order valence-electron chi connectivity index (χ2n) is 11.1. The molecule has 3 rings (SSSR count). The molecule has 0 spiro atoms. The first-order chi connectivity index (χ1) is 12.6. The van der Waals surface area contributed by atoms with Crippen LogP contribution in [0.1, 0.15) is 99.3 Å². The van der Waals surface area contributed by atoms with Crippen LogP contribution < -0.4 is 0 Å². The molecule has 3 fully saturated rings. The van der Waals surface area contributed by atoms with Crippen molar-refractivity contribution >= 4 is 0 Å². The summed E-state index contributed by atoms with van der Waals surface area (Å²) < 4.78 is 13.1. The molecule has 1 N–H and O–H groups in total. The van der Waals surface area contributed by atoms with E-state index in [1.165, 1.54) is 25.7 Å². The van der Waals surface area contributed by atoms with Gasteiger partial charge in [-0.25, -0.2) is 0 Å². The standard InChI is InChI=1S/C24H44O3/c1-16(2)17-10-12-19(13-11-17)26-23(3,4)18-14-20(15-18)27-24(5,6)21-8-7-9-22(21)25/h16-22,25H,7-15H2,1-6H3. The molecule has 0 aromatic rings. The molecule has 3 aliphatic rings. The molecule has 0 saturated heterocycles. The molecule has 3 nitrogen and oxygen atoms in total. The van der Waals surface area contributed by atoms with Gasteiger partial charge in [-0.3, -0.25) is 0 Å². The van der Waals surface area contributed by atoms with Gasteiger partial charge < -0.3 is 14.6 Å². The average Bonchev–Trinajstić information content (AvgIpc) is 2.97. The van der Waals surface area contributed by atoms with Crippen LogP contribution in [0.15, 0.2) is 0 Å². The maximum atomic E-state index is 10.2. The maximum absolute atomic E-state index is 10.2. The molecule has 158 valence electrons. The molecule has 2 unspecified atom stereocenters. The molecule has 0 bridgehead atoms. The van der Waals surface area contributed by atoms with Crippen molar-refractivity contribution in [1.82, 2.24) is 0 Å². The van der Waals surface area contributed by atoms with E-state index >= 15 is 0 Å². The average molecular weight is 381 g/mol. The Balaban J connectivity index is 1.43. The molecule has 2 atom stereocenters. The summed E-state index contributed by atoms with van der Waals surface area (Å²) in [7, 11) is 0. The molecule has 3 saturated carbocycles. The Labute approximate surface area is 167 Å². The third-order valence-corrected chi connectivity index (χ3v) is 8.05. The number of hydrogen-bond donors (Lipinski definition) is 1. The fourth-order valence-corrected chi connectivity index (χ4v) is 5.90. The van der Waals surface area contributed by atoms with Gasteiger partial charge in [0.05, 0.1) is 29.5 Å².